The molecule has 0 aliphatic rings. The van der Waals surface area contributed by atoms with Gasteiger partial charge in [-0.15, -0.1) is 0 Å². The van der Waals surface area contributed by atoms with Crippen LogP contribution in [0.4, 0.5) is 11.5 Å². The predicted octanol–water partition coefficient (Wildman–Crippen LogP) is 4.46. The number of nitrogens with one attached hydrogen (secondary N) is 1. The van der Waals surface area contributed by atoms with Crippen LogP contribution in [0.25, 0.3) is 21.9 Å². The van der Waals surface area contributed by atoms with Crippen molar-refractivity contribution in [2.75, 3.05) is 5.32 Å². The number of carbonyl (C=O) groups excluding carboxylic acids is 1. The van der Waals surface area contributed by atoms with Crippen molar-refractivity contribution < 1.29 is 9.72 Å². The fourth-order valence-electron chi connectivity index (χ4n) is 3.26. The number of nitro groups is 1. The van der Waals surface area contributed by atoms with Crippen molar-refractivity contribution in [1.82, 2.24) is 14.8 Å². The summed E-state index contributed by atoms with van der Waals surface area (Å²) in [4.78, 5) is 27.9. The summed E-state index contributed by atoms with van der Waals surface area (Å²) in [6.45, 7) is 4.72. The Bertz CT molecular complexity index is 1260. The van der Waals surface area contributed by atoms with Crippen molar-refractivity contribution >= 4 is 39.3 Å². The van der Waals surface area contributed by atoms with Gasteiger partial charge in [0.15, 0.2) is 11.5 Å². The summed E-state index contributed by atoms with van der Waals surface area (Å²) < 4.78 is 1.78. The number of aryl methyl sites for hydroxylation is 2. The highest BCUT2D eigenvalue weighted by atomic mass is 16.6. The van der Waals surface area contributed by atoms with Gasteiger partial charge in [0.1, 0.15) is 0 Å². The molecule has 0 unspecified atom stereocenters. The molecule has 8 heteroatoms. The molecule has 0 saturated heterocycles. The van der Waals surface area contributed by atoms with Gasteiger partial charge in [-0.3, -0.25) is 14.9 Å². The Labute approximate surface area is 166 Å². The molecule has 29 heavy (non-hydrogen) atoms. The summed E-state index contributed by atoms with van der Waals surface area (Å²) in [5.74, 6) is -0.0688. The van der Waals surface area contributed by atoms with Gasteiger partial charge in [-0.25, -0.2) is 9.67 Å². The summed E-state index contributed by atoms with van der Waals surface area (Å²) in [5, 5.41) is 20.0. The van der Waals surface area contributed by atoms with E-state index in [0.29, 0.717) is 18.0 Å². The van der Waals surface area contributed by atoms with E-state index in [1.165, 1.54) is 24.3 Å². The molecule has 0 spiro atoms. The molecule has 2 aromatic carbocycles. The lowest BCUT2D eigenvalue weighted by atomic mass is 10.1. The smallest absolute Gasteiger partial charge is 0.270 e. The predicted molar refractivity (Wildman–Crippen MR) is 111 cm³/mol. The Balaban J connectivity index is 1.78. The van der Waals surface area contributed by atoms with Crippen LogP contribution in [0.3, 0.4) is 0 Å². The molecule has 4 rings (SSSR count). The molecule has 0 aliphatic carbocycles. The van der Waals surface area contributed by atoms with Gasteiger partial charge in [0.2, 0.25) is 0 Å². The molecule has 8 nitrogen and oxygen atoms in total. The summed E-state index contributed by atoms with van der Waals surface area (Å²) in [6.07, 6.45) is 0.864. The lowest BCUT2D eigenvalue weighted by molar-refractivity contribution is -0.384. The maximum Gasteiger partial charge on any atom is 0.270 e. The molecule has 4 aromatic rings. The van der Waals surface area contributed by atoms with Gasteiger partial charge in [-0.1, -0.05) is 25.1 Å². The van der Waals surface area contributed by atoms with Gasteiger partial charge in [-0.2, -0.15) is 5.10 Å². The second-order valence-corrected chi connectivity index (χ2v) is 6.89. The number of pyridine rings is 1. The number of benzene rings is 2. The van der Waals surface area contributed by atoms with Crippen LogP contribution in [0.15, 0.2) is 48.5 Å². The summed E-state index contributed by atoms with van der Waals surface area (Å²) in [6, 6.07) is 13.6. The zero-order valence-corrected chi connectivity index (χ0v) is 16.0. The number of aromatic nitrogens is 3. The zero-order chi connectivity index (χ0) is 20.5. The molecule has 0 saturated carbocycles. The van der Waals surface area contributed by atoms with Crippen LogP contribution in [0.1, 0.15) is 29.3 Å². The van der Waals surface area contributed by atoms with Gasteiger partial charge in [0.05, 0.1) is 15.8 Å². The maximum absolute atomic E-state index is 12.7. The molecule has 0 aliphatic heterocycles. The Hall–Kier alpha value is -3.81. The molecule has 0 fully saturated rings. The van der Waals surface area contributed by atoms with Crippen LogP contribution in [-0.4, -0.2) is 25.6 Å². The Morgan fingerprint density at radius 3 is 2.79 bits per heavy atom. The number of amides is 1. The van der Waals surface area contributed by atoms with E-state index in [2.05, 4.69) is 10.4 Å². The van der Waals surface area contributed by atoms with Gasteiger partial charge >= 0.3 is 0 Å². The molecule has 1 amide bonds. The number of nitro benzene ring substituents is 1. The first-order valence-corrected chi connectivity index (χ1v) is 9.30. The topological polar surface area (TPSA) is 103 Å². The fourth-order valence-corrected chi connectivity index (χ4v) is 3.26. The minimum absolute atomic E-state index is 0.137. The van der Waals surface area contributed by atoms with Crippen molar-refractivity contribution in [3.05, 3.63) is 69.8 Å². The number of hydrogen-bond donors (Lipinski definition) is 1. The highest BCUT2D eigenvalue weighted by Crippen LogP contribution is 2.27. The number of non-ortho nitro benzene ring substituents is 1. The molecule has 2 aromatic heterocycles. The monoisotopic (exact) mass is 389 g/mol. The molecule has 0 radical (unpaired) electrons. The average Bonchev–Trinajstić information content (AvgIpc) is 3.03. The fraction of sp³-hybridized carbons (Fsp3) is 0.190. The highest BCUT2D eigenvalue weighted by Gasteiger charge is 2.17. The van der Waals surface area contributed by atoms with Gasteiger partial charge in [-0.05, 0) is 37.1 Å². The minimum Gasteiger partial charge on any atom is -0.304 e. The number of hydrogen-bond acceptors (Lipinski definition) is 5. The van der Waals surface area contributed by atoms with Crippen LogP contribution in [0, 0.1) is 17.0 Å². The van der Waals surface area contributed by atoms with Gasteiger partial charge in [0, 0.05) is 29.6 Å². The van der Waals surface area contributed by atoms with Crippen LogP contribution >= 0.6 is 0 Å². The summed E-state index contributed by atoms with van der Waals surface area (Å²) >= 11 is 0. The van der Waals surface area contributed by atoms with Crippen LogP contribution in [0.5, 0.6) is 0 Å². The second-order valence-electron chi connectivity index (χ2n) is 6.89. The Kier molecular flexibility index (Phi) is 4.67. The highest BCUT2D eigenvalue weighted by molar-refractivity contribution is 6.09. The van der Waals surface area contributed by atoms with Crippen molar-refractivity contribution in [3.8, 4) is 0 Å². The summed E-state index contributed by atoms with van der Waals surface area (Å²) in [7, 11) is 0. The van der Waals surface area contributed by atoms with E-state index in [4.69, 9.17) is 4.98 Å². The Morgan fingerprint density at radius 1 is 1.21 bits per heavy atom. The number of anilines is 1. The van der Waals surface area contributed by atoms with E-state index in [0.717, 1.165) is 28.3 Å². The van der Waals surface area contributed by atoms with E-state index in [9.17, 15) is 14.9 Å². The van der Waals surface area contributed by atoms with Crippen molar-refractivity contribution in [2.45, 2.75) is 26.8 Å². The van der Waals surface area contributed by atoms with Crippen molar-refractivity contribution in [1.29, 1.82) is 0 Å². The number of fused-ring (bicyclic) bond motifs is 2. The Morgan fingerprint density at radius 2 is 2.03 bits per heavy atom. The minimum atomic E-state index is -0.528. The molecule has 2 heterocycles. The molecule has 0 bridgehead atoms. The largest absolute Gasteiger partial charge is 0.304 e. The van der Waals surface area contributed by atoms with E-state index in [1.807, 2.05) is 38.1 Å². The standard InChI is InChI=1S/C21H19N5O3/c1-3-9-25-20-17(12-14-8-7-13(2)10-18(14)22-20)19(24-25)23-21(27)15-5-4-6-16(11-15)26(28)29/h4-8,10-12H,3,9H2,1-2H3,(H,23,24,27). The summed E-state index contributed by atoms with van der Waals surface area (Å²) in [5.41, 5.74) is 2.74. The number of nitrogens with zero attached hydrogens (tertiary/aromatic N) is 4. The van der Waals surface area contributed by atoms with Crippen LogP contribution in [0.2, 0.25) is 0 Å². The first-order valence-electron chi connectivity index (χ1n) is 9.30. The van der Waals surface area contributed by atoms with Gasteiger partial charge < -0.3 is 5.32 Å². The number of carbonyl (C=O) groups is 1. The van der Waals surface area contributed by atoms with E-state index in [-0.39, 0.29) is 11.3 Å². The van der Waals surface area contributed by atoms with E-state index in [1.54, 1.807) is 4.68 Å². The normalized spacial score (nSPS) is 11.1. The van der Waals surface area contributed by atoms with Crippen LogP contribution < -0.4 is 5.32 Å². The van der Waals surface area contributed by atoms with E-state index >= 15 is 0 Å². The molecule has 146 valence electrons. The third-order valence-electron chi connectivity index (χ3n) is 4.66. The lowest BCUT2D eigenvalue weighted by Crippen LogP contribution is -2.13. The molecule has 0 atom stereocenters. The van der Waals surface area contributed by atoms with E-state index < -0.39 is 10.8 Å². The molecule has 1 N–H and O–H groups in total. The quantitative estimate of drug-likeness (QED) is 0.401. The second kappa shape index (κ2) is 7.31. The van der Waals surface area contributed by atoms with Crippen molar-refractivity contribution in [3.63, 3.8) is 0 Å². The lowest BCUT2D eigenvalue weighted by Gasteiger charge is -2.04. The maximum atomic E-state index is 12.7. The third-order valence-corrected chi connectivity index (χ3v) is 4.66. The molecular weight excluding hydrogens is 370 g/mol. The third kappa shape index (κ3) is 3.52. The first-order chi connectivity index (χ1) is 14.0. The number of rotatable bonds is 5. The zero-order valence-electron chi connectivity index (χ0n) is 16.0. The van der Waals surface area contributed by atoms with Crippen LogP contribution in [-0.2, 0) is 6.54 Å². The van der Waals surface area contributed by atoms with Gasteiger partial charge in [0.25, 0.3) is 11.6 Å². The van der Waals surface area contributed by atoms with Crippen molar-refractivity contribution in [2.24, 2.45) is 0 Å². The molecular formula is C21H19N5O3. The average molecular weight is 389 g/mol. The SMILES string of the molecule is CCCn1nc(NC(=O)c2cccc([N+](=O)[O-])c2)c2cc3ccc(C)cc3nc21. The first kappa shape index (κ1) is 18.5.